The van der Waals surface area contributed by atoms with Crippen molar-refractivity contribution in [3.05, 3.63) is 41.7 Å². The highest BCUT2D eigenvalue weighted by molar-refractivity contribution is 5.89. The molecule has 3 aliphatic rings. The Kier molecular flexibility index (Phi) is 5.00. The third-order valence-electron chi connectivity index (χ3n) is 6.00. The second-order valence-corrected chi connectivity index (χ2v) is 8.01. The average Bonchev–Trinajstić information content (AvgIpc) is 3.03. The van der Waals surface area contributed by atoms with Gasteiger partial charge in [-0.2, -0.15) is 0 Å². The minimum absolute atomic E-state index is 0.0628. The van der Waals surface area contributed by atoms with Crippen molar-refractivity contribution < 1.29 is 14.3 Å². The molecule has 4 rings (SSSR count). The maximum Gasteiger partial charge on any atom is 0.227 e. The summed E-state index contributed by atoms with van der Waals surface area (Å²) >= 11 is 0. The van der Waals surface area contributed by atoms with Crippen molar-refractivity contribution in [2.75, 3.05) is 26.2 Å². The summed E-state index contributed by atoms with van der Waals surface area (Å²) in [5, 5.41) is 0. The van der Waals surface area contributed by atoms with Crippen LogP contribution in [-0.4, -0.2) is 58.4 Å². The van der Waals surface area contributed by atoms with Crippen LogP contribution in [-0.2, 0) is 20.9 Å². The highest BCUT2D eigenvalue weighted by atomic mass is 16.5. The van der Waals surface area contributed by atoms with Gasteiger partial charge in [-0.25, -0.2) is 0 Å². The number of piperidine rings is 1. The molecule has 1 spiro atoms. The smallest absolute Gasteiger partial charge is 0.227 e. The van der Waals surface area contributed by atoms with Crippen LogP contribution in [0.15, 0.2) is 36.2 Å². The summed E-state index contributed by atoms with van der Waals surface area (Å²) in [7, 11) is 0. The number of hydrogen-bond donors (Lipinski definition) is 0. The van der Waals surface area contributed by atoms with Gasteiger partial charge in [0, 0.05) is 45.0 Å². The average molecular weight is 369 g/mol. The topological polar surface area (TPSA) is 62.7 Å². The van der Waals surface area contributed by atoms with Gasteiger partial charge in [-0.3, -0.25) is 14.6 Å². The third-order valence-corrected chi connectivity index (χ3v) is 6.00. The molecular weight excluding hydrogens is 342 g/mol. The van der Waals surface area contributed by atoms with Crippen molar-refractivity contribution >= 4 is 11.8 Å². The molecule has 1 atom stereocenters. The molecule has 1 aromatic rings. The van der Waals surface area contributed by atoms with Crippen molar-refractivity contribution in [1.82, 2.24) is 14.8 Å². The Morgan fingerprint density at radius 2 is 2.04 bits per heavy atom. The zero-order valence-corrected chi connectivity index (χ0v) is 15.9. The first kappa shape index (κ1) is 18.2. The van der Waals surface area contributed by atoms with Crippen LogP contribution in [0.4, 0.5) is 0 Å². The van der Waals surface area contributed by atoms with E-state index in [-0.39, 0.29) is 23.3 Å². The molecule has 1 aromatic heterocycles. The minimum Gasteiger partial charge on any atom is -0.370 e. The van der Waals surface area contributed by atoms with E-state index >= 15 is 0 Å². The van der Waals surface area contributed by atoms with Crippen molar-refractivity contribution in [1.29, 1.82) is 0 Å². The van der Waals surface area contributed by atoms with Gasteiger partial charge in [-0.1, -0.05) is 11.6 Å². The molecule has 0 radical (unpaired) electrons. The normalized spacial score (nSPS) is 25.0. The van der Waals surface area contributed by atoms with Crippen LogP contribution in [0.1, 0.15) is 38.2 Å². The van der Waals surface area contributed by atoms with Crippen LogP contribution < -0.4 is 0 Å². The molecule has 6 nitrogen and oxygen atoms in total. The summed E-state index contributed by atoms with van der Waals surface area (Å²) in [4.78, 5) is 33.1. The van der Waals surface area contributed by atoms with Crippen molar-refractivity contribution in [3.8, 4) is 0 Å². The van der Waals surface area contributed by atoms with E-state index in [0.717, 1.165) is 31.4 Å². The molecule has 6 heteroatoms. The summed E-state index contributed by atoms with van der Waals surface area (Å²) < 4.78 is 6.05. The van der Waals surface area contributed by atoms with E-state index in [1.165, 1.54) is 5.57 Å². The Morgan fingerprint density at radius 1 is 1.30 bits per heavy atom. The zero-order chi connectivity index (χ0) is 18.9. The van der Waals surface area contributed by atoms with Gasteiger partial charge in [0.25, 0.3) is 0 Å². The number of nitrogens with zero attached hydrogens (tertiary/aromatic N) is 3. The first-order valence-corrected chi connectivity index (χ1v) is 9.82. The summed E-state index contributed by atoms with van der Waals surface area (Å²) in [5.41, 5.74) is 2.25. The molecule has 0 N–H and O–H groups in total. The van der Waals surface area contributed by atoms with Gasteiger partial charge in [-0.05, 0) is 43.9 Å². The van der Waals surface area contributed by atoms with Crippen LogP contribution in [0.3, 0.4) is 0 Å². The molecule has 27 heavy (non-hydrogen) atoms. The second-order valence-electron chi connectivity index (χ2n) is 8.01. The number of likely N-dealkylation sites (tertiary alicyclic amines) is 2. The standard InChI is InChI=1S/C21H27N3O3/c1-16-4-11-27-21(13-16)5-9-23(10-6-21)20(26)18-12-19(25)24(15-18)14-17-2-7-22-8-3-17/h2-3,7-8,13,18H,4-6,9-12,14-15H2,1H3. The SMILES string of the molecule is CC1=CC2(CCN(C(=O)C3CC(=O)N(Cc4ccncc4)C3)CC2)OCC1. The van der Waals surface area contributed by atoms with E-state index in [4.69, 9.17) is 4.74 Å². The van der Waals surface area contributed by atoms with Crippen molar-refractivity contribution in [2.45, 2.75) is 44.8 Å². The van der Waals surface area contributed by atoms with Gasteiger partial charge in [-0.15, -0.1) is 0 Å². The lowest BCUT2D eigenvalue weighted by Crippen LogP contribution is -2.50. The Balaban J connectivity index is 1.34. The van der Waals surface area contributed by atoms with E-state index in [2.05, 4.69) is 18.0 Å². The van der Waals surface area contributed by atoms with E-state index in [9.17, 15) is 9.59 Å². The van der Waals surface area contributed by atoms with Crippen LogP contribution >= 0.6 is 0 Å². The summed E-state index contributed by atoms with van der Waals surface area (Å²) in [6.45, 7) is 5.40. The number of ether oxygens (including phenoxy) is 1. The molecule has 0 aromatic carbocycles. The van der Waals surface area contributed by atoms with E-state index in [1.54, 1.807) is 17.3 Å². The Labute approximate surface area is 160 Å². The van der Waals surface area contributed by atoms with E-state index in [1.807, 2.05) is 17.0 Å². The molecule has 0 aliphatic carbocycles. The van der Waals surface area contributed by atoms with Crippen molar-refractivity contribution in [2.24, 2.45) is 5.92 Å². The second kappa shape index (κ2) is 7.43. The molecule has 144 valence electrons. The predicted molar refractivity (Wildman–Crippen MR) is 101 cm³/mol. The molecule has 2 saturated heterocycles. The van der Waals surface area contributed by atoms with Crippen molar-refractivity contribution in [3.63, 3.8) is 0 Å². The van der Waals surface area contributed by atoms with Gasteiger partial charge in [0.05, 0.1) is 18.1 Å². The fraction of sp³-hybridized carbons (Fsp3) is 0.571. The fourth-order valence-corrected chi connectivity index (χ4v) is 4.43. The molecule has 2 fully saturated rings. The molecule has 0 saturated carbocycles. The lowest BCUT2D eigenvalue weighted by atomic mass is 9.86. The number of aromatic nitrogens is 1. The monoisotopic (exact) mass is 369 g/mol. The van der Waals surface area contributed by atoms with Crippen LogP contribution in [0, 0.1) is 5.92 Å². The van der Waals surface area contributed by atoms with Gasteiger partial charge in [0.15, 0.2) is 0 Å². The Morgan fingerprint density at radius 3 is 2.74 bits per heavy atom. The molecule has 0 bridgehead atoms. The first-order valence-electron chi connectivity index (χ1n) is 9.82. The molecular formula is C21H27N3O3. The van der Waals surface area contributed by atoms with Crippen LogP contribution in [0.25, 0.3) is 0 Å². The highest BCUT2D eigenvalue weighted by Crippen LogP contribution is 2.34. The fourth-order valence-electron chi connectivity index (χ4n) is 4.43. The maximum absolute atomic E-state index is 13.0. The van der Waals surface area contributed by atoms with Gasteiger partial charge in [0.2, 0.25) is 11.8 Å². The number of carbonyl (C=O) groups excluding carboxylic acids is 2. The van der Waals surface area contributed by atoms with Gasteiger partial charge < -0.3 is 14.5 Å². The largest absolute Gasteiger partial charge is 0.370 e. The number of amides is 2. The molecule has 2 amide bonds. The number of rotatable bonds is 3. The summed E-state index contributed by atoms with van der Waals surface area (Å²) in [5.74, 6) is -0.0438. The molecule has 3 aliphatic heterocycles. The van der Waals surface area contributed by atoms with Gasteiger partial charge >= 0.3 is 0 Å². The molecule has 4 heterocycles. The first-order chi connectivity index (χ1) is 13.0. The lowest BCUT2D eigenvalue weighted by Gasteiger charge is -2.42. The number of pyridine rings is 1. The number of carbonyl (C=O) groups is 2. The molecule has 1 unspecified atom stereocenters. The summed E-state index contributed by atoms with van der Waals surface area (Å²) in [6, 6.07) is 3.82. The highest BCUT2D eigenvalue weighted by Gasteiger charge is 2.41. The lowest BCUT2D eigenvalue weighted by molar-refractivity contribution is -0.140. The Hall–Kier alpha value is -2.21. The Bertz CT molecular complexity index is 738. The van der Waals surface area contributed by atoms with E-state index in [0.29, 0.717) is 32.6 Å². The van der Waals surface area contributed by atoms with E-state index < -0.39 is 0 Å². The maximum atomic E-state index is 13.0. The third kappa shape index (κ3) is 3.90. The summed E-state index contributed by atoms with van der Waals surface area (Å²) in [6.07, 6.45) is 8.73. The van der Waals surface area contributed by atoms with Crippen LogP contribution in [0.5, 0.6) is 0 Å². The zero-order valence-electron chi connectivity index (χ0n) is 15.9. The van der Waals surface area contributed by atoms with Crippen LogP contribution in [0.2, 0.25) is 0 Å². The number of hydrogen-bond acceptors (Lipinski definition) is 4. The van der Waals surface area contributed by atoms with Gasteiger partial charge in [0.1, 0.15) is 0 Å². The predicted octanol–water partition coefficient (Wildman–Crippen LogP) is 2.16. The quantitative estimate of drug-likeness (QED) is 0.766. The minimum atomic E-state index is -0.224.